The summed E-state index contributed by atoms with van der Waals surface area (Å²) in [6.07, 6.45) is 0. The van der Waals surface area contributed by atoms with Gasteiger partial charge in [0.2, 0.25) is 5.95 Å². The second-order valence-corrected chi connectivity index (χ2v) is 5.95. The van der Waals surface area contributed by atoms with Gasteiger partial charge in [0, 0.05) is 10.8 Å². The van der Waals surface area contributed by atoms with Gasteiger partial charge in [0.1, 0.15) is 5.82 Å². The Balaban J connectivity index is 2.01. The molecule has 0 aliphatic carbocycles. The van der Waals surface area contributed by atoms with Gasteiger partial charge in [-0.1, -0.05) is 26.8 Å². The number of pyridine rings is 1. The molecule has 0 spiro atoms. The average molecular weight is 265 g/mol. The number of nitrogens with one attached hydrogen (secondary N) is 1. The lowest BCUT2D eigenvalue weighted by atomic mass is 9.98. The Morgan fingerprint density at radius 2 is 2.06 bits per heavy atom. The fourth-order valence-corrected chi connectivity index (χ4v) is 2.33. The lowest BCUT2D eigenvalue weighted by Gasteiger charge is -2.13. The zero-order valence-corrected chi connectivity index (χ0v) is 11.5. The van der Waals surface area contributed by atoms with Crippen LogP contribution in [-0.4, -0.2) is 9.97 Å². The molecular formula is C13H16FN3S. The first-order valence-corrected chi connectivity index (χ1v) is 6.64. The Bertz CT molecular complexity index is 531. The normalized spacial score (nSPS) is 11.6. The molecule has 0 bridgehead atoms. The van der Waals surface area contributed by atoms with Crippen LogP contribution in [0, 0.1) is 5.95 Å². The van der Waals surface area contributed by atoms with Gasteiger partial charge in [0.15, 0.2) is 0 Å². The molecule has 2 rings (SSSR count). The number of hydrogen-bond donors (Lipinski definition) is 1. The lowest BCUT2D eigenvalue weighted by Crippen LogP contribution is -2.11. The Morgan fingerprint density at radius 3 is 2.67 bits per heavy atom. The van der Waals surface area contributed by atoms with E-state index in [9.17, 15) is 4.39 Å². The fourth-order valence-electron chi connectivity index (χ4n) is 1.42. The van der Waals surface area contributed by atoms with Crippen molar-refractivity contribution in [3.8, 4) is 0 Å². The molecule has 2 aromatic heterocycles. The van der Waals surface area contributed by atoms with E-state index < -0.39 is 5.95 Å². The lowest BCUT2D eigenvalue weighted by molar-refractivity contribution is 0.582. The molecule has 0 aliphatic rings. The molecule has 0 fully saturated rings. The quantitative estimate of drug-likeness (QED) is 0.862. The van der Waals surface area contributed by atoms with E-state index in [-0.39, 0.29) is 5.41 Å². The van der Waals surface area contributed by atoms with Crippen molar-refractivity contribution < 1.29 is 4.39 Å². The van der Waals surface area contributed by atoms with Gasteiger partial charge < -0.3 is 5.32 Å². The average Bonchev–Trinajstić information content (AvgIpc) is 2.74. The van der Waals surface area contributed by atoms with Crippen LogP contribution in [-0.2, 0) is 12.0 Å². The van der Waals surface area contributed by atoms with Crippen LogP contribution >= 0.6 is 11.3 Å². The number of hydrogen-bond acceptors (Lipinski definition) is 4. The third-order valence-corrected chi connectivity index (χ3v) is 3.68. The van der Waals surface area contributed by atoms with Crippen molar-refractivity contribution in [2.75, 3.05) is 5.32 Å². The van der Waals surface area contributed by atoms with E-state index in [0.29, 0.717) is 12.4 Å². The van der Waals surface area contributed by atoms with Crippen molar-refractivity contribution >= 4 is 17.2 Å². The summed E-state index contributed by atoms with van der Waals surface area (Å²) < 4.78 is 12.9. The Hall–Kier alpha value is -1.49. The number of halogens is 1. The van der Waals surface area contributed by atoms with Crippen molar-refractivity contribution in [3.63, 3.8) is 0 Å². The molecule has 0 amide bonds. The summed E-state index contributed by atoms with van der Waals surface area (Å²) in [4.78, 5) is 8.30. The van der Waals surface area contributed by atoms with E-state index in [1.54, 1.807) is 23.5 Å². The molecule has 3 nitrogen and oxygen atoms in total. The zero-order valence-electron chi connectivity index (χ0n) is 10.7. The van der Waals surface area contributed by atoms with Crippen LogP contribution in [0.25, 0.3) is 0 Å². The molecule has 1 N–H and O–H groups in total. The van der Waals surface area contributed by atoms with Crippen molar-refractivity contribution in [2.45, 2.75) is 32.7 Å². The third kappa shape index (κ3) is 3.26. The molecular weight excluding hydrogens is 249 g/mol. The van der Waals surface area contributed by atoms with Gasteiger partial charge in [0.05, 0.1) is 17.2 Å². The van der Waals surface area contributed by atoms with E-state index in [1.807, 2.05) is 5.38 Å². The fraction of sp³-hybridized carbons (Fsp3) is 0.385. The molecule has 0 saturated carbocycles. The first-order chi connectivity index (χ1) is 8.45. The summed E-state index contributed by atoms with van der Waals surface area (Å²) in [5, 5.41) is 6.18. The predicted molar refractivity (Wildman–Crippen MR) is 72.3 cm³/mol. The van der Waals surface area contributed by atoms with E-state index in [4.69, 9.17) is 0 Å². The van der Waals surface area contributed by atoms with Crippen LogP contribution in [0.1, 0.15) is 31.5 Å². The second kappa shape index (κ2) is 5.02. The maximum Gasteiger partial charge on any atom is 0.214 e. The minimum absolute atomic E-state index is 0.0695. The van der Waals surface area contributed by atoms with Crippen molar-refractivity contribution in [3.05, 3.63) is 40.2 Å². The number of aromatic nitrogens is 2. The molecule has 0 atom stereocenters. The Morgan fingerprint density at radius 1 is 1.28 bits per heavy atom. The number of rotatable bonds is 3. The van der Waals surface area contributed by atoms with E-state index in [0.717, 1.165) is 10.7 Å². The van der Waals surface area contributed by atoms with Crippen LogP contribution in [0.4, 0.5) is 10.2 Å². The molecule has 18 heavy (non-hydrogen) atoms. The first-order valence-electron chi connectivity index (χ1n) is 5.76. The number of anilines is 1. The topological polar surface area (TPSA) is 37.8 Å². The molecule has 2 heterocycles. The van der Waals surface area contributed by atoms with Crippen molar-refractivity contribution in [1.82, 2.24) is 9.97 Å². The van der Waals surface area contributed by atoms with Crippen LogP contribution in [0.2, 0.25) is 0 Å². The summed E-state index contributed by atoms with van der Waals surface area (Å²) in [5.41, 5.74) is 1.02. The third-order valence-electron chi connectivity index (χ3n) is 2.36. The zero-order chi connectivity index (χ0) is 13.2. The summed E-state index contributed by atoms with van der Waals surface area (Å²) in [6, 6.07) is 4.69. The smallest absolute Gasteiger partial charge is 0.214 e. The standard InChI is InChI=1S/C13H16FN3S/c1-13(2,3)12-16-9(8-18-12)7-15-11-6-4-5-10(14)17-11/h4-6,8H,7H2,1-3H3,(H,15,17). The maximum absolute atomic E-state index is 12.9. The molecule has 0 aromatic carbocycles. The molecule has 2 aromatic rings. The van der Waals surface area contributed by atoms with Crippen LogP contribution in [0.3, 0.4) is 0 Å². The minimum atomic E-state index is -0.478. The first kappa shape index (κ1) is 13.0. The van der Waals surface area contributed by atoms with Gasteiger partial charge in [-0.3, -0.25) is 0 Å². The highest BCUT2D eigenvalue weighted by Gasteiger charge is 2.17. The van der Waals surface area contributed by atoms with Crippen molar-refractivity contribution in [1.29, 1.82) is 0 Å². The van der Waals surface area contributed by atoms with Crippen LogP contribution in [0.15, 0.2) is 23.6 Å². The van der Waals surface area contributed by atoms with Crippen LogP contribution in [0.5, 0.6) is 0 Å². The van der Waals surface area contributed by atoms with E-state index >= 15 is 0 Å². The molecule has 0 radical (unpaired) electrons. The second-order valence-electron chi connectivity index (χ2n) is 5.09. The number of nitrogens with zero attached hydrogens (tertiary/aromatic N) is 2. The van der Waals surface area contributed by atoms with Gasteiger partial charge in [-0.05, 0) is 12.1 Å². The molecule has 5 heteroatoms. The highest BCUT2D eigenvalue weighted by Crippen LogP contribution is 2.25. The van der Waals surface area contributed by atoms with Crippen LogP contribution < -0.4 is 5.32 Å². The minimum Gasteiger partial charge on any atom is -0.364 e. The predicted octanol–water partition coefficient (Wildman–Crippen LogP) is 3.59. The molecule has 0 unspecified atom stereocenters. The SMILES string of the molecule is CC(C)(C)c1nc(CNc2cccc(F)n2)cs1. The van der Waals surface area contributed by atoms with Gasteiger partial charge >= 0.3 is 0 Å². The summed E-state index contributed by atoms with van der Waals surface area (Å²) in [6.45, 7) is 6.97. The maximum atomic E-state index is 12.9. The summed E-state index contributed by atoms with van der Waals surface area (Å²) >= 11 is 1.65. The monoisotopic (exact) mass is 265 g/mol. The Kier molecular flexibility index (Phi) is 3.61. The van der Waals surface area contributed by atoms with Gasteiger partial charge in [-0.25, -0.2) is 9.97 Å². The van der Waals surface area contributed by atoms with E-state index in [1.165, 1.54) is 6.07 Å². The summed E-state index contributed by atoms with van der Waals surface area (Å²) in [5.74, 6) is 0.0500. The Labute approximate surface area is 110 Å². The van der Waals surface area contributed by atoms with Crippen molar-refractivity contribution in [2.24, 2.45) is 0 Å². The highest BCUT2D eigenvalue weighted by molar-refractivity contribution is 7.09. The van der Waals surface area contributed by atoms with Gasteiger partial charge in [-0.2, -0.15) is 4.39 Å². The largest absolute Gasteiger partial charge is 0.364 e. The molecule has 96 valence electrons. The van der Waals surface area contributed by atoms with E-state index in [2.05, 4.69) is 36.1 Å². The summed E-state index contributed by atoms with van der Waals surface area (Å²) in [7, 11) is 0. The van der Waals surface area contributed by atoms with Gasteiger partial charge in [0.25, 0.3) is 0 Å². The van der Waals surface area contributed by atoms with Gasteiger partial charge in [-0.15, -0.1) is 11.3 Å². The number of thiazole rings is 1. The molecule has 0 saturated heterocycles. The highest BCUT2D eigenvalue weighted by atomic mass is 32.1. The molecule has 0 aliphatic heterocycles.